The molecule has 0 saturated heterocycles. The minimum absolute atomic E-state index is 0.239. The van der Waals surface area contributed by atoms with Crippen LogP contribution < -0.4 is 5.73 Å². The van der Waals surface area contributed by atoms with Gasteiger partial charge in [-0.25, -0.2) is 4.79 Å². The van der Waals surface area contributed by atoms with Gasteiger partial charge in [0.25, 0.3) is 0 Å². The van der Waals surface area contributed by atoms with Crippen LogP contribution in [0.5, 0.6) is 0 Å². The van der Waals surface area contributed by atoms with Gasteiger partial charge in [-0.3, -0.25) is 0 Å². The van der Waals surface area contributed by atoms with Gasteiger partial charge in [-0.05, 0) is 39.7 Å². The standard InChI is InChI=1S/C17H15NO2/c18-8-9-20-17(19)15-7-3-6-14-10-12-4-1-2-5-13(12)11-16(14)15/h1-7,10-11H,8-9,18H2. The summed E-state index contributed by atoms with van der Waals surface area (Å²) in [6.45, 7) is 0.572. The zero-order valence-corrected chi connectivity index (χ0v) is 11.0. The molecule has 0 spiro atoms. The van der Waals surface area contributed by atoms with Crippen molar-refractivity contribution in [1.29, 1.82) is 0 Å². The minimum Gasteiger partial charge on any atom is -0.461 e. The Balaban J connectivity index is 2.17. The van der Waals surface area contributed by atoms with Crippen LogP contribution in [0, 0.1) is 0 Å². The SMILES string of the molecule is NCCOC(=O)c1cccc2cc3ccccc3cc12. The number of fused-ring (bicyclic) bond motifs is 2. The number of benzene rings is 3. The molecule has 0 radical (unpaired) electrons. The molecule has 0 aliphatic rings. The lowest BCUT2D eigenvalue weighted by Gasteiger charge is -2.08. The van der Waals surface area contributed by atoms with E-state index in [1.807, 2.05) is 36.4 Å². The van der Waals surface area contributed by atoms with E-state index >= 15 is 0 Å². The third-order valence-corrected chi connectivity index (χ3v) is 3.32. The van der Waals surface area contributed by atoms with E-state index in [2.05, 4.69) is 12.1 Å². The van der Waals surface area contributed by atoms with Gasteiger partial charge in [0.05, 0.1) is 5.56 Å². The fourth-order valence-corrected chi connectivity index (χ4v) is 2.37. The molecule has 3 aromatic rings. The minimum atomic E-state index is -0.323. The number of carbonyl (C=O) groups excluding carboxylic acids is 1. The number of ether oxygens (including phenoxy) is 1. The number of rotatable bonds is 3. The molecule has 0 heterocycles. The molecular formula is C17H15NO2. The molecule has 0 saturated carbocycles. The van der Waals surface area contributed by atoms with E-state index in [1.165, 1.54) is 0 Å². The number of hydrogen-bond acceptors (Lipinski definition) is 3. The molecule has 0 fully saturated rings. The lowest BCUT2D eigenvalue weighted by molar-refractivity contribution is 0.0519. The third kappa shape index (κ3) is 2.24. The van der Waals surface area contributed by atoms with Gasteiger partial charge in [0.15, 0.2) is 0 Å². The molecule has 0 atom stereocenters. The molecule has 0 bridgehead atoms. The zero-order chi connectivity index (χ0) is 13.9. The van der Waals surface area contributed by atoms with E-state index < -0.39 is 0 Å². The highest BCUT2D eigenvalue weighted by Crippen LogP contribution is 2.25. The van der Waals surface area contributed by atoms with Gasteiger partial charge in [-0.15, -0.1) is 0 Å². The average molecular weight is 265 g/mol. The van der Waals surface area contributed by atoms with E-state index in [4.69, 9.17) is 10.5 Å². The summed E-state index contributed by atoms with van der Waals surface area (Å²) in [7, 11) is 0. The summed E-state index contributed by atoms with van der Waals surface area (Å²) in [4.78, 5) is 12.1. The molecule has 0 unspecified atom stereocenters. The zero-order valence-electron chi connectivity index (χ0n) is 11.0. The van der Waals surface area contributed by atoms with Crippen molar-refractivity contribution in [3.63, 3.8) is 0 Å². The van der Waals surface area contributed by atoms with Crippen molar-refractivity contribution in [3.8, 4) is 0 Å². The van der Waals surface area contributed by atoms with Crippen molar-refractivity contribution in [3.05, 3.63) is 60.2 Å². The molecule has 0 aromatic heterocycles. The molecule has 3 heteroatoms. The summed E-state index contributed by atoms with van der Waals surface area (Å²) >= 11 is 0. The van der Waals surface area contributed by atoms with E-state index in [1.54, 1.807) is 6.07 Å². The van der Waals surface area contributed by atoms with Crippen LogP contribution in [0.2, 0.25) is 0 Å². The Bertz CT molecular complexity index is 780. The molecule has 2 N–H and O–H groups in total. The van der Waals surface area contributed by atoms with Crippen LogP contribution in [0.4, 0.5) is 0 Å². The Morgan fingerprint density at radius 1 is 0.950 bits per heavy atom. The first-order chi connectivity index (χ1) is 9.79. The Labute approximate surface area is 117 Å². The fraction of sp³-hybridized carbons (Fsp3) is 0.118. The summed E-state index contributed by atoms with van der Waals surface area (Å²) in [5.74, 6) is -0.323. The van der Waals surface area contributed by atoms with Crippen molar-refractivity contribution in [2.24, 2.45) is 5.73 Å². The number of nitrogens with two attached hydrogens (primary N) is 1. The second-order valence-corrected chi connectivity index (χ2v) is 4.65. The van der Waals surface area contributed by atoms with E-state index in [9.17, 15) is 4.79 Å². The highest BCUT2D eigenvalue weighted by molar-refractivity contribution is 6.08. The Kier molecular flexibility index (Phi) is 3.35. The normalized spacial score (nSPS) is 10.8. The molecule has 0 aliphatic carbocycles. The molecule has 3 rings (SSSR count). The monoisotopic (exact) mass is 265 g/mol. The average Bonchev–Trinajstić information content (AvgIpc) is 2.50. The van der Waals surface area contributed by atoms with Crippen LogP contribution in [0.15, 0.2) is 54.6 Å². The Hall–Kier alpha value is -2.39. The van der Waals surface area contributed by atoms with E-state index in [0.29, 0.717) is 12.1 Å². The van der Waals surface area contributed by atoms with Crippen molar-refractivity contribution in [1.82, 2.24) is 0 Å². The Morgan fingerprint density at radius 2 is 1.65 bits per heavy atom. The number of esters is 1. The molecule has 3 nitrogen and oxygen atoms in total. The first-order valence-electron chi connectivity index (χ1n) is 6.58. The highest BCUT2D eigenvalue weighted by Gasteiger charge is 2.11. The van der Waals surface area contributed by atoms with E-state index in [0.717, 1.165) is 21.5 Å². The quantitative estimate of drug-likeness (QED) is 0.584. The lowest BCUT2D eigenvalue weighted by Crippen LogP contribution is -2.13. The summed E-state index contributed by atoms with van der Waals surface area (Å²) in [6, 6.07) is 17.9. The predicted molar refractivity (Wildman–Crippen MR) is 80.8 cm³/mol. The van der Waals surface area contributed by atoms with Gasteiger partial charge in [-0.1, -0.05) is 36.4 Å². The molecule has 20 heavy (non-hydrogen) atoms. The van der Waals surface area contributed by atoms with Gasteiger partial charge < -0.3 is 10.5 Å². The van der Waals surface area contributed by atoms with E-state index in [-0.39, 0.29) is 12.6 Å². The predicted octanol–water partition coefficient (Wildman–Crippen LogP) is 3.11. The largest absolute Gasteiger partial charge is 0.461 e. The molecule has 0 amide bonds. The fourth-order valence-electron chi connectivity index (χ4n) is 2.37. The van der Waals surface area contributed by atoms with Crippen LogP contribution in [0.3, 0.4) is 0 Å². The van der Waals surface area contributed by atoms with Gasteiger partial charge in [-0.2, -0.15) is 0 Å². The molecule has 0 aliphatic heterocycles. The summed E-state index contributed by atoms with van der Waals surface area (Å²) < 4.78 is 5.13. The summed E-state index contributed by atoms with van der Waals surface area (Å²) in [5, 5.41) is 4.21. The van der Waals surface area contributed by atoms with Crippen LogP contribution in [0.1, 0.15) is 10.4 Å². The van der Waals surface area contributed by atoms with Crippen molar-refractivity contribution >= 4 is 27.5 Å². The van der Waals surface area contributed by atoms with Gasteiger partial charge in [0.2, 0.25) is 0 Å². The second kappa shape index (κ2) is 5.31. The van der Waals surface area contributed by atoms with Crippen LogP contribution >= 0.6 is 0 Å². The number of carbonyl (C=O) groups is 1. The van der Waals surface area contributed by atoms with Gasteiger partial charge in [0, 0.05) is 6.54 Å². The maximum Gasteiger partial charge on any atom is 0.338 e. The topological polar surface area (TPSA) is 52.3 Å². The van der Waals surface area contributed by atoms with Crippen LogP contribution in [-0.2, 0) is 4.74 Å². The van der Waals surface area contributed by atoms with Gasteiger partial charge in [0.1, 0.15) is 6.61 Å². The molecule has 100 valence electrons. The Morgan fingerprint density at radius 3 is 2.40 bits per heavy atom. The smallest absolute Gasteiger partial charge is 0.338 e. The second-order valence-electron chi connectivity index (χ2n) is 4.65. The van der Waals surface area contributed by atoms with Crippen molar-refractivity contribution < 1.29 is 9.53 Å². The summed E-state index contributed by atoms with van der Waals surface area (Å²) in [5.41, 5.74) is 5.95. The maximum atomic E-state index is 12.1. The molecule has 3 aromatic carbocycles. The first kappa shape index (κ1) is 12.6. The first-order valence-corrected chi connectivity index (χ1v) is 6.58. The maximum absolute atomic E-state index is 12.1. The number of hydrogen-bond donors (Lipinski definition) is 1. The molecular weight excluding hydrogens is 250 g/mol. The lowest BCUT2D eigenvalue weighted by atomic mass is 10.00. The van der Waals surface area contributed by atoms with Crippen molar-refractivity contribution in [2.75, 3.05) is 13.2 Å². The van der Waals surface area contributed by atoms with Gasteiger partial charge >= 0.3 is 5.97 Å². The van der Waals surface area contributed by atoms with Crippen LogP contribution in [0.25, 0.3) is 21.5 Å². The van der Waals surface area contributed by atoms with Crippen LogP contribution in [-0.4, -0.2) is 19.1 Å². The van der Waals surface area contributed by atoms with Crippen molar-refractivity contribution in [2.45, 2.75) is 0 Å². The summed E-state index contributed by atoms with van der Waals surface area (Å²) in [6.07, 6.45) is 0. The highest BCUT2D eigenvalue weighted by atomic mass is 16.5. The third-order valence-electron chi connectivity index (χ3n) is 3.32.